The molecule has 0 aromatic heterocycles. The Bertz CT molecular complexity index is 326. The molecule has 3 nitrogen and oxygen atoms in total. The first-order valence-corrected chi connectivity index (χ1v) is 9.03. The van der Waals surface area contributed by atoms with Crippen molar-refractivity contribution in [1.29, 1.82) is 0 Å². The Hall–Kier alpha value is -0.900. The molecule has 0 bridgehead atoms. The average molecular weight is 306 g/mol. The molecule has 0 unspecified atom stereocenters. The lowest BCUT2D eigenvalue weighted by molar-refractivity contribution is 0.252. The molecule has 0 saturated heterocycles. The summed E-state index contributed by atoms with van der Waals surface area (Å²) in [5, 5.41) is 0. The zero-order valence-corrected chi connectivity index (χ0v) is 14.2. The van der Waals surface area contributed by atoms with Crippen molar-refractivity contribution in [3.63, 3.8) is 0 Å². The van der Waals surface area contributed by atoms with E-state index in [1.54, 1.807) is 0 Å². The lowest BCUT2D eigenvalue weighted by Gasteiger charge is -2.22. The van der Waals surface area contributed by atoms with E-state index in [1.165, 1.54) is 57.2 Å². The Morgan fingerprint density at radius 3 is 1.64 bits per heavy atom. The van der Waals surface area contributed by atoms with Gasteiger partial charge < -0.3 is 11.5 Å². The SMILES string of the molecule is NCCCCCCN(CCCCCCN)Cc1ccccc1. The lowest BCUT2D eigenvalue weighted by Crippen LogP contribution is -2.25. The first kappa shape index (κ1) is 19.1. The van der Waals surface area contributed by atoms with Gasteiger partial charge in [0.15, 0.2) is 0 Å². The minimum absolute atomic E-state index is 0.828. The summed E-state index contributed by atoms with van der Waals surface area (Å²) in [4.78, 5) is 2.61. The summed E-state index contributed by atoms with van der Waals surface area (Å²) in [5.41, 5.74) is 12.5. The molecule has 1 aromatic carbocycles. The van der Waals surface area contributed by atoms with E-state index in [4.69, 9.17) is 11.5 Å². The number of nitrogens with two attached hydrogens (primary N) is 2. The molecule has 3 heteroatoms. The maximum absolute atomic E-state index is 5.56. The highest BCUT2D eigenvalue weighted by Gasteiger charge is 2.05. The first-order valence-electron chi connectivity index (χ1n) is 9.03. The lowest BCUT2D eigenvalue weighted by atomic mass is 10.1. The van der Waals surface area contributed by atoms with Crippen LogP contribution < -0.4 is 11.5 Å². The van der Waals surface area contributed by atoms with Crippen molar-refractivity contribution in [3.8, 4) is 0 Å². The molecule has 0 spiro atoms. The van der Waals surface area contributed by atoms with Crippen molar-refractivity contribution in [3.05, 3.63) is 35.9 Å². The highest BCUT2D eigenvalue weighted by Crippen LogP contribution is 2.10. The maximum atomic E-state index is 5.56. The monoisotopic (exact) mass is 305 g/mol. The van der Waals surface area contributed by atoms with E-state index in [0.717, 1.165) is 32.5 Å². The zero-order valence-electron chi connectivity index (χ0n) is 14.2. The molecule has 0 aliphatic heterocycles. The molecular weight excluding hydrogens is 270 g/mol. The van der Waals surface area contributed by atoms with E-state index in [1.807, 2.05) is 0 Å². The second-order valence-corrected chi connectivity index (χ2v) is 6.17. The Morgan fingerprint density at radius 2 is 1.14 bits per heavy atom. The molecule has 0 heterocycles. The molecule has 4 N–H and O–H groups in total. The number of benzene rings is 1. The summed E-state index contributed by atoms with van der Waals surface area (Å²) in [6.07, 6.45) is 10.0. The second-order valence-electron chi connectivity index (χ2n) is 6.17. The normalized spacial score (nSPS) is 11.2. The van der Waals surface area contributed by atoms with Gasteiger partial charge in [-0.05, 0) is 57.4 Å². The molecule has 0 fully saturated rings. The smallest absolute Gasteiger partial charge is 0.0233 e. The quantitative estimate of drug-likeness (QED) is 0.517. The van der Waals surface area contributed by atoms with Gasteiger partial charge in [-0.2, -0.15) is 0 Å². The third-order valence-electron chi connectivity index (χ3n) is 4.11. The van der Waals surface area contributed by atoms with E-state index in [9.17, 15) is 0 Å². The summed E-state index contributed by atoms with van der Waals surface area (Å²) >= 11 is 0. The predicted molar refractivity (Wildman–Crippen MR) is 96.8 cm³/mol. The summed E-state index contributed by atoms with van der Waals surface area (Å²) in [7, 11) is 0. The number of hydrogen-bond acceptors (Lipinski definition) is 3. The first-order chi connectivity index (χ1) is 10.9. The standard InChI is InChI=1S/C19H35N3/c20-14-8-1-3-10-16-22(17-11-4-2-9-15-21)18-19-12-6-5-7-13-19/h5-7,12-13H,1-4,8-11,14-18,20-21H2. The molecule has 126 valence electrons. The molecule has 0 saturated carbocycles. The van der Waals surface area contributed by atoms with Crippen LogP contribution in [0, 0.1) is 0 Å². The van der Waals surface area contributed by atoms with Crippen molar-refractivity contribution < 1.29 is 0 Å². The van der Waals surface area contributed by atoms with Gasteiger partial charge in [0.1, 0.15) is 0 Å². The van der Waals surface area contributed by atoms with Gasteiger partial charge in [0.05, 0.1) is 0 Å². The molecular formula is C19H35N3. The van der Waals surface area contributed by atoms with Gasteiger partial charge in [0.25, 0.3) is 0 Å². The van der Waals surface area contributed by atoms with Crippen LogP contribution in [0.2, 0.25) is 0 Å². The van der Waals surface area contributed by atoms with Crippen molar-refractivity contribution >= 4 is 0 Å². The van der Waals surface area contributed by atoms with Crippen LogP contribution in [0.4, 0.5) is 0 Å². The van der Waals surface area contributed by atoms with Crippen LogP contribution in [0.1, 0.15) is 56.9 Å². The van der Waals surface area contributed by atoms with Crippen LogP contribution in [0.15, 0.2) is 30.3 Å². The molecule has 0 atom stereocenters. The van der Waals surface area contributed by atoms with Crippen LogP contribution in [-0.4, -0.2) is 31.1 Å². The number of unbranched alkanes of at least 4 members (excludes halogenated alkanes) is 6. The fourth-order valence-corrected chi connectivity index (χ4v) is 2.78. The highest BCUT2D eigenvalue weighted by atomic mass is 15.1. The zero-order chi connectivity index (χ0) is 15.9. The van der Waals surface area contributed by atoms with Gasteiger partial charge in [-0.3, -0.25) is 4.90 Å². The molecule has 0 aliphatic carbocycles. The van der Waals surface area contributed by atoms with Gasteiger partial charge in [-0.15, -0.1) is 0 Å². The van der Waals surface area contributed by atoms with Crippen LogP contribution in [0.3, 0.4) is 0 Å². The molecule has 1 rings (SSSR count). The van der Waals surface area contributed by atoms with Crippen molar-refractivity contribution in [1.82, 2.24) is 4.90 Å². The number of rotatable bonds is 14. The average Bonchev–Trinajstić information content (AvgIpc) is 2.55. The van der Waals surface area contributed by atoms with Crippen LogP contribution in [0.25, 0.3) is 0 Å². The Kier molecular flexibility index (Phi) is 12.0. The fourth-order valence-electron chi connectivity index (χ4n) is 2.78. The summed E-state index contributed by atoms with van der Waals surface area (Å²) in [5.74, 6) is 0. The summed E-state index contributed by atoms with van der Waals surface area (Å²) in [6.45, 7) is 5.14. The van der Waals surface area contributed by atoms with E-state index in [0.29, 0.717) is 0 Å². The van der Waals surface area contributed by atoms with Gasteiger partial charge in [0, 0.05) is 6.54 Å². The van der Waals surface area contributed by atoms with Crippen molar-refractivity contribution in [2.45, 2.75) is 57.9 Å². The minimum Gasteiger partial charge on any atom is -0.330 e. The topological polar surface area (TPSA) is 55.3 Å². The fraction of sp³-hybridized carbons (Fsp3) is 0.684. The Labute approximate surface area is 137 Å². The maximum Gasteiger partial charge on any atom is 0.0233 e. The van der Waals surface area contributed by atoms with E-state index >= 15 is 0 Å². The third kappa shape index (κ3) is 9.93. The second kappa shape index (κ2) is 13.7. The van der Waals surface area contributed by atoms with E-state index < -0.39 is 0 Å². The molecule has 1 aromatic rings. The van der Waals surface area contributed by atoms with Crippen LogP contribution in [0.5, 0.6) is 0 Å². The van der Waals surface area contributed by atoms with Gasteiger partial charge in [-0.25, -0.2) is 0 Å². The van der Waals surface area contributed by atoms with E-state index in [2.05, 4.69) is 35.2 Å². The summed E-state index contributed by atoms with van der Waals surface area (Å²) < 4.78 is 0. The predicted octanol–water partition coefficient (Wildman–Crippen LogP) is 3.53. The highest BCUT2D eigenvalue weighted by molar-refractivity contribution is 5.14. The summed E-state index contributed by atoms with van der Waals surface area (Å²) in [6, 6.07) is 10.8. The minimum atomic E-state index is 0.828. The van der Waals surface area contributed by atoms with Crippen LogP contribution in [-0.2, 0) is 6.54 Å². The van der Waals surface area contributed by atoms with Gasteiger partial charge >= 0.3 is 0 Å². The molecule has 0 amide bonds. The number of hydrogen-bond donors (Lipinski definition) is 2. The largest absolute Gasteiger partial charge is 0.330 e. The van der Waals surface area contributed by atoms with Gasteiger partial charge in [0.2, 0.25) is 0 Å². The Balaban J connectivity index is 2.29. The van der Waals surface area contributed by atoms with Crippen molar-refractivity contribution in [2.24, 2.45) is 11.5 Å². The third-order valence-corrected chi connectivity index (χ3v) is 4.11. The number of nitrogens with zero attached hydrogens (tertiary/aromatic N) is 1. The van der Waals surface area contributed by atoms with Crippen molar-refractivity contribution in [2.75, 3.05) is 26.2 Å². The van der Waals surface area contributed by atoms with Crippen LogP contribution >= 0.6 is 0 Å². The molecule has 0 aliphatic rings. The molecule has 22 heavy (non-hydrogen) atoms. The van der Waals surface area contributed by atoms with E-state index in [-0.39, 0.29) is 0 Å². The van der Waals surface area contributed by atoms with Gasteiger partial charge in [-0.1, -0.05) is 56.0 Å². The molecule has 0 radical (unpaired) electrons. The Morgan fingerprint density at radius 1 is 0.636 bits per heavy atom.